The van der Waals surface area contributed by atoms with Crippen molar-refractivity contribution in [1.82, 2.24) is 0 Å². The first-order valence-electron chi connectivity index (χ1n) is 9.85. The number of alkyl halides is 3. The molecule has 176 valence electrons. The minimum absolute atomic E-state index is 0.00846. The summed E-state index contributed by atoms with van der Waals surface area (Å²) in [7, 11) is 2.91. The molecule has 1 fully saturated rings. The van der Waals surface area contributed by atoms with E-state index < -0.39 is 35.2 Å². The van der Waals surface area contributed by atoms with Crippen LogP contribution in [0, 0.1) is 5.92 Å². The number of hydrogen-bond acceptors (Lipinski definition) is 5. The van der Waals surface area contributed by atoms with Gasteiger partial charge < -0.3 is 25.0 Å². The Bertz CT molecular complexity index is 1090. The van der Waals surface area contributed by atoms with Gasteiger partial charge in [-0.1, -0.05) is 0 Å². The summed E-state index contributed by atoms with van der Waals surface area (Å²) in [5, 5.41) is 4.56. The number of anilines is 3. The number of nitrogens with one attached hydrogen (secondary N) is 2. The maximum Gasteiger partial charge on any atom is 0.418 e. The Hall–Kier alpha value is -3.76. The van der Waals surface area contributed by atoms with E-state index in [4.69, 9.17) is 9.47 Å². The zero-order valence-electron chi connectivity index (χ0n) is 18.1. The summed E-state index contributed by atoms with van der Waals surface area (Å²) in [6, 6.07) is 7.88. The van der Waals surface area contributed by atoms with E-state index in [1.54, 1.807) is 18.2 Å². The summed E-state index contributed by atoms with van der Waals surface area (Å²) < 4.78 is 51.0. The molecule has 33 heavy (non-hydrogen) atoms. The van der Waals surface area contributed by atoms with Crippen molar-refractivity contribution in [2.24, 2.45) is 5.92 Å². The summed E-state index contributed by atoms with van der Waals surface area (Å²) in [6.45, 7) is 1.16. The first-order valence-corrected chi connectivity index (χ1v) is 9.85. The highest BCUT2D eigenvalue weighted by molar-refractivity contribution is 6.04. The molecule has 0 radical (unpaired) electrons. The molecule has 1 saturated heterocycles. The number of amides is 3. The van der Waals surface area contributed by atoms with Gasteiger partial charge in [-0.15, -0.1) is 0 Å². The molecule has 0 bridgehead atoms. The monoisotopic (exact) mass is 465 g/mol. The summed E-state index contributed by atoms with van der Waals surface area (Å²) in [5.41, 5.74) is -1.14. The van der Waals surface area contributed by atoms with E-state index in [0.717, 1.165) is 12.1 Å². The minimum Gasteiger partial charge on any atom is -0.493 e. The van der Waals surface area contributed by atoms with Crippen molar-refractivity contribution in [3.05, 3.63) is 42.0 Å². The molecular formula is C22H22F3N3O5. The summed E-state index contributed by atoms with van der Waals surface area (Å²) >= 11 is 0. The van der Waals surface area contributed by atoms with Crippen molar-refractivity contribution in [3.8, 4) is 11.5 Å². The second-order valence-electron chi connectivity index (χ2n) is 7.37. The smallest absolute Gasteiger partial charge is 0.418 e. The molecule has 0 spiro atoms. The molecule has 8 nitrogen and oxygen atoms in total. The average molecular weight is 465 g/mol. The highest BCUT2D eigenvalue weighted by Crippen LogP contribution is 2.38. The Morgan fingerprint density at radius 3 is 2.33 bits per heavy atom. The fourth-order valence-electron chi connectivity index (χ4n) is 3.53. The maximum atomic E-state index is 13.5. The Kier molecular flexibility index (Phi) is 6.80. The molecule has 1 atom stereocenters. The third-order valence-electron chi connectivity index (χ3n) is 5.08. The Balaban J connectivity index is 1.79. The number of carbonyl (C=O) groups is 3. The largest absolute Gasteiger partial charge is 0.493 e. The fourth-order valence-corrected chi connectivity index (χ4v) is 3.53. The van der Waals surface area contributed by atoms with Gasteiger partial charge in [0.05, 0.1) is 31.4 Å². The molecule has 0 saturated carbocycles. The van der Waals surface area contributed by atoms with E-state index in [-0.39, 0.29) is 24.6 Å². The number of rotatable bonds is 6. The first-order chi connectivity index (χ1) is 15.5. The molecule has 0 aliphatic carbocycles. The lowest BCUT2D eigenvalue weighted by Gasteiger charge is -2.19. The van der Waals surface area contributed by atoms with Crippen LogP contribution in [0.4, 0.5) is 30.2 Å². The minimum atomic E-state index is -4.77. The number of halogens is 3. The topological polar surface area (TPSA) is 97.0 Å². The van der Waals surface area contributed by atoms with Gasteiger partial charge >= 0.3 is 6.18 Å². The zero-order chi connectivity index (χ0) is 24.3. The quantitative estimate of drug-likeness (QED) is 0.679. The molecule has 0 aromatic heterocycles. The lowest BCUT2D eigenvalue weighted by atomic mass is 10.1. The third kappa shape index (κ3) is 5.36. The normalized spacial score (nSPS) is 15.9. The van der Waals surface area contributed by atoms with Crippen LogP contribution in [-0.4, -0.2) is 38.5 Å². The van der Waals surface area contributed by atoms with Crippen LogP contribution in [0.1, 0.15) is 18.9 Å². The van der Waals surface area contributed by atoms with Crippen LogP contribution in [0.3, 0.4) is 0 Å². The number of hydrogen-bond donors (Lipinski definition) is 2. The van der Waals surface area contributed by atoms with Crippen LogP contribution >= 0.6 is 0 Å². The molecule has 1 unspecified atom stereocenters. The zero-order valence-corrected chi connectivity index (χ0v) is 18.1. The Morgan fingerprint density at radius 2 is 1.73 bits per heavy atom. The van der Waals surface area contributed by atoms with Crippen molar-refractivity contribution < 1.29 is 37.0 Å². The van der Waals surface area contributed by atoms with Crippen molar-refractivity contribution in [2.45, 2.75) is 19.5 Å². The predicted molar refractivity (Wildman–Crippen MR) is 114 cm³/mol. The van der Waals surface area contributed by atoms with Gasteiger partial charge in [-0.25, -0.2) is 0 Å². The van der Waals surface area contributed by atoms with Crippen LogP contribution in [0.2, 0.25) is 0 Å². The van der Waals surface area contributed by atoms with Gasteiger partial charge in [0.2, 0.25) is 17.7 Å². The average Bonchev–Trinajstić information content (AvgIpc) is 3.15. The molecule has 2 aromatic rings. The molecule has 2 aromatic carbocycles. The molecule has 1 heterocycles. The van der Waals surface area contributed by atoms with Crippen molar-refractivity contribution in [3.63, 3.8) is 0 Å². The molecule has 1 aliphatic rings. The summed E-state index contributed by atoms with van der Waals surface area (Å²) in [6.07, 6.45) is -4.93. The van der Waals surface area contributed by atoms with Gasteiger partial charge in [0.15, 0.2) is 11.5 Å². The van der Waals surface area contributed by atoms with E-state index in [2.05, 4.69) is 10.6 Å². The van der Waals surface area contributed by atoms with E-state index in [1.165, 1.54) is 32.1 Å². The van der Waals surface area contributed by atoms with Gasteiger partial charge in [0.25, 0.3) is 0 Å². The van der Waals surface area contributed by atoms with Crippen LogP contribution in [0.5, 0.6) is 11.5 Å². The molecular weight excluding hydrogens is 443 g/mol. The van der Waals surface area contributed by atoms with Crippen LogP contribution in [0.15, 0.2) is 36.4 Å². The predicted octanol–water partition coefficient (Wildman–Crippen LogP) is 3.67. The van der Waals surface area contributed by atoms with Gasteiger partial charge in [-0.3, -0.25) is 14.4 Å². The first kappa shape index (κ1) is 23.9. The lowest BCUT2D eigenvalue weighted by Crippen LogP contribution is -2.28. The second kappa shape index (κ2) is 9.39. The van der Waals surface area contributed by atoms with Crippen LogP contribution in [-0.2, 0) is 20.6 Å². The van der Waals surface area contributed by atoms with Gasteiger partial charge in [-0.05, 0) is 30.3 Å². The summed E-state index contributed by atoms with van der Waals surface area (Å²) in [4.78, 5) is 37.8. The molecule has 3 amide bonds. The molecule has 3 rings (SSSR count). The van der Waals surface area contributed by atoms with E-state index in [9.17, 15) is 27.6 Å². The third-order valence-corrected chi connectivity index (χ3v) is 5.08. The van der Waals surface area contributed by atoms with E-state index in [1.807, 2.05) is 0 Å². The van der Waals surface area contributed by atoms with Gasteiger partial charge in [0, 0.05) is 37.3 Å². The van der Waals surface area contributed by atoms with E-state index in [0.29, 0.717) is 17.2 Å². The van der Waals surface area contributed by atoms with Gasteiger partial charge in [-0.2, -0.15) is 13.2 Å². The molecule has 2 N–H and O–H groups in total. The number of ether oxygens (including phenoxy) is 2. The van der Waals surface area contributed by atoms with Crippen molar-refractivity contribution >= 4 is 34.8 Å². The molecule has 1 aliphatic heterocycles. The SMILES string of the molecule is COc1ccc(N2CC(C(=O)Nc3ccc(NC(C)=O)cc3C(F)(F)F)CC2=O)cc1OC. The Morgan fingerprint density at radius 1 is 1.03 bits per heavy atom. The second-order valence-corrected chi connectivity index (χ2v) is 7.37. The number of methoxy groups -OCH3 is 2. The van der Waals surface area contributed by atoms with Crippen molar-refractivity contribution in [2.75, 3.05) is 36.3 Å². The van der Waals surface area contributed by atoms with E-state index >= 15 is 0 Å². The summed E-state index contributed by atoms with van der Waals surface area (Å²) in [5.74, 6) is -1.60. The maximum absolute atomic E-state index is 13.5. The number of benzene rings is 2. The number of nitrogens with zero attached hydrogens (tertiary/aromatic N) is 1. The molecule has 11 heteroatoms. The Labute approximate surface area is 187 Å². The van der Waals surface area contributed by atoms with Gasteiger partial charge in [0.1, 0.15) is 0 Å². The van der Waals surface area contributed by atoms with Crippen molar-refractivity contribution in [1.29, 1.82) is 0 Å². The highest BCUT2D eigenvalue weighted by atomic mass is 19.4. The van der Waals surface area contributed by atoms with Crippen LogP contribution in [0.25, 0.3) is 0 Å². The standard InChI is InChI=1S/C22H22F3N3O5/c1-12(29)26-14-4-6-17(16(9-14)22(23,24)25)27-21(31)13-8-20(30)28(11-13)15-5-7-18(32-2)19(10-15)33-3/h4-7,9-10,13H,8,11H2,1-3H3,(H,26,29)(H,27,31). The lowest BCUT2D eigenvalue weighted by molar-refractivity contribution is -0.137. The van der Waals surface area contributed by atoms with Crippen LogP contribution < -0.4 is 25.0 Å². The fraction of sp³-hybridized carbons (Fsp3) is 0.318. The number of carbonyl (C=O) groups excluding carboxylic acids is 3. The highest BCUT2D eigenvalue weighted by Gasteiger charge is 2.38.